The third-order valence-electron chi connectivity index (χ3n) is 2.93. The molecule has 0 aliphatic heterocycles. The van der Waals surface area contributed by atoms with Gasteiger partial charge >= 0.3 is 5.97 Å². The highest BCUT2D eigenvalue weighted by Gasteiger charge is 1.92. The van der Waals surface area contributed by atoms with E-state index in [0.717, 1.165) is 6.42 Å². The van der Waals surface area contributed by atoms with E-state index in [1.54, 1.807) is 0 Å². The van der Waals surface area contributed by atoms with Crippen LogP contribution in [0.1, 0.15) is 71.1 Å². The predicted octanol–water partition coefficient (Wildman–Crippen LogP) is 4.64. The minimum absolute atomic E-state index is 0.249. The van der Waals surface area contributed by atoms with Gasteiger partial charge in [0.05, 0.1) is 7.11 Å². The Kier molecular flexibility index (Phi) is 12.7. The molecule has 0 saturated carbocycles. The lowest BCUT2D eigenvalue weighted by Crippen LogP contribution is -1.93. The molecule has 2 heteroatoms. The summed E-state index contributed by atoms with van der Waals surface area (Å²) < 4.78 is 4.52. The first-order valence-electron chi connectivity index (χ1n) is 7.05. The molecule has 0 unspecified atom stereocenters. The zero-order chi connectivity index (χ0) is 12.8. The normalized spacial score (nSPS) is 10.9. The van der Waals surface area contributed by atoms with Crippen LogP contribution in [0.3, 0.4) is 0 Å². The zero-order valence-electron chi connectivity index (χ0n) is 11.5. The maximum atomic E-state index is 10.8. The van der Waals surface area contributed by atoms with E-state index in [2.05, 4.69) is 11.7 Å². The molecule has 0 aliphatic carbocycles. The third-order valence-corrected chi connectivity index (χ3v) is 2.93. The van der Waals surface area contributed by atoms with Crippen molar-refractivity contribution in [2.24, 2.45) is 0 Å². The van der Waals surface area contributed by atoms with Gasteiger partial charge in [-0.15, -0.1) is 0 Å². The van der Waals surface area contributed by atoms with Crippen LogP contribution < -0.4 is 0 Å². The number of hydrogen-bond donors (Lipinski definition) is 0. The van der Waals surface area contributed by atoms with E-state index in [4.69, 9.17) is 0 Å². The summed E-state index contributed by atoms with van der Waals surface area (Å²) in [6, 6.07) is 0. The van der Waals surface area contributed by atoms with Crippen molar-refractivity contribution in [3.8, 4) is 0 Å². The van der Waals surface area contributed by atoms with Gasteiger partial charge in [0.25, 0.3) is 0 Å². The molecule has 17 heavy (non-hydrogen) atoms. The Morgan fingerprint density at radius 2 is 1.47 bits per heavy atom. The summed E-state index contributed by atoms with van der Waals surface area (Å²) in [5.41, 5.74) is 0. The molecule has 0 aromatic carbocycles. The average molecular weight is 240 g/mol. The van der Waals surface area contributed by atoms with Gasteiger partial charge in [0.15, 0.2) is 0 Å². The number of rotatable bonds is 11. The first-order chi connectivity index (χ1) is 8.31. The number of carbonyl (C=O) groups is 1. The van der Waals surface area contributed by atoms with Crippen LogP contribution in [0.25, 0.3) is 0 Å². The monoisotopic (exact) mass is 240 g/mol. The molecule has 0 aromatic heterocycles. The standard InChI is InChI=1S/C15H28O2/c1-3-4-5-6-7-8-9-10-11-12-13-14-15(16)17-2/h13-14H,3-12H2,1-2H3/b14-13-. The van der Waals surface area contributed by atoms with Gasteiger partial charge in [0.1, 0.15) is 0 Å². The second-order valence-electron chi connectivity index (χ2n) is 4.54. The first-order valence-corrected chi connectivity index (χ1v) is 7.05. The van der Waals surface area contributed by atoms with E-state index in [-0.39, 0.29) is 5.97 Å². The number of methoxy groups -OCH3 is 1. The van der Waals surface area contributed by atoms with Crippen molar-refractivity contribution in [2.75, 3.05) is 7.11 Å². The van der Waals surface area contributed by atoms with Crippen LogP contribution in [0, 0.1) is 0 Å². The largest absolute Gasteiger partial charge is 0.466 e. The highest BCUT2D eigenvalue weighted by atomic mass is 16.5. The molecule has 0 atom stereocenters. The minimum Gasteiger partial charge on any atom is -0.466 e. The molecule has 0 fully saturated rings. The molecule has 100 valence electrons. The Bertz CT molecular complexity index is 197. The van der Waals surface area contributed by atoms with Crippen molar-refractivity contribution in [1.82, 2.24) is 0 Å². The van der Waals surface area contributed by atoms with Gasteiger partial charge in [-0.25, -0.2) is 4.79 Å². The number of unbranched alkanes of at least 4 members (excludes halogenated alkanes) is 9. The molecule has 0 rings (SSSR count). The zero-order valence-corrected chi connectivity index (χ0v) is 11.5. The molecule has 0 saturated heterocycles. The van der Waals surface area contributed by atoms with Crippen LogP contribution in [-0.2, 0) is 9.53 Å². The molecule has 0 heterocycles. The summed E-state index contributed by atoms with van der Waals surface area (Å²) >= 11 is 0. The SMILES string of the molecule is CCCCCCCCCCC/C=C\C(=O)OC. The van der Waals surface area contributed by atoms with Crippen LogP contribution in [0.5, 0.6) is 0 Å². The molecule has 0 bridgehead atoms. The minimum atomic E-state index is -0.249. The Morgan fingerprint density at radius 3 is 2.00 bits per heavy atom. The Hall–Kier alpha value is -0.790. The van der Waals surface area contributed by atoms with Crippen LogP contribution in [-0.4, -0.2) is 13.1 Å². The fourth-order valence-electron chi connectivity index (χ4n) is 1.82. The summed E-state index contributed by atoms with van der Waals surface area (Å²) in [7, 11) is 1.41. The Balaban J connectivity index is 3.08. The van der Waals surface area contributed by atoms with E-state index in [1.165, 1.54) is 71.0 Å². The fraction of sp³-hybridized carbons (Fsp3) is 0.800. The number of hydrogen-bond acceptors (Lipinski definition) is 2. The molecule has 0 aromatic rings. The third kappa shape index (κ3) is 13.1. The molecule has 0 N–H and O–H groups in total. The van der Waals surface area contributed by atoms with E-state index in [0.29, 0.717) is 0 Å². The fourth-order valence-corrected chi connectivity index (χ4v) is 1.82. The molecular formula is C15H28O2. The lowest BCUT2D eigenvalue weighted by Gasteiger charge is -2.00. The molecule has 0 radical (unpaired) electrons. The van der Waals surface area contributed by atoms with Crippen molar-refractivity contribution >= 4 is 5.97 Å². The molecular weight excluding hydrogens is 212 g/mol. The maximum absolute atomic E-state index is 10.8. The van der Waals surface area contributed by atoms with Crippen molar-refractivity contribution < 1.29 is 9.53 Å². The Labute approximate surface area is 106 Å². The van der Waals surface area contributed by atoms with Gasteiger partial charge in [-0.3, -0.25) is 0 Å². The van der Waals surface area contributed by atoms with Gasteiger partial charge in [0.2, 0.25) is 0 Å². The first kappa shape index (κ1) is 16.2. The van der Waals surface area contributed by atoms with E-state index in [1.807, 2.05) is 6.08 Å². The Morgan fingerprint density at radius 1 is 0.941 bits per heavy atom. The second-order valence-corrected chi connectivity index (χ2v) is 4.54. The summed E-state index contributed by atoms with van der Waals surface area (Å²) in [5.74, 6) is -0.249. The van der Waals surface area contributed by atoms with E-state index >= 15 is 0 Å². The van der Waals surface area contributed by atoms with Crippen molar-refractivity contribution in [3.05, 3.63) is 12.2 Å². The topological polar surface area (TPSA) is 26.3 Å². The smallest absolute Gasteiger partial charge is 0.330 e. The van der Waals surface area contributed by atoms with E-state index in [9.17, 15) is 4.79 Å². The van der Waals surface area contributed by atoms with Crippen LogP contribution in [0.15, 0.2) is 12.2 Å². The van der Waals surface area contributed by atoms with Crippen molar-refractivity contribution in [3.63, 3.8) is 0 Å². The lowest BCUT2D eigenvalue weighted by molar-refractivity contribution is -0.134. The molecule has 0 aliphatic rings. The van der Waals surface area contributed by atoms with Gasteiger partial charge in [-0.1, -0.05) is 64.4 Å². The lowest BCUT2D eigenvalue weighted by atomic mass is 10.1. The number of allylic oxidation sites excluding steroid dienone is 1. The van der Waals surface area contributed by atoms with Gasteiger partial charge in [-0.05, 0) is 12.8 Å². The summed E-state index contributed by atoms with van der Waals surface area (Å²) in [6.45, 7) is 2.25. The summed E-state index contributed by atoms with van der Waals surface area (Å²) in [5, 5.41) is 0. The van der Waals surface area contributed by atoms with Gasteiger partial charge in [0, 0.05) is 6.08 Å². The van der Waals surface area contributed by atoms with Gasteiger partial charge < -0.3 is 4.74 Å². The second kappa shape index (κ2) is 13.3. The van der Waals surface area contributed by atoms with Crippen LogP contribution >= 0.6 is 0 Å². The predicted molar refractivity (Wildman–Crippen MR) is 73.0 cm³/mol. The number of ether oxygens (including phenoxy) is 1. The molecule has 0 spiro atoms. The maximum Gasteiger partial charge on any atom is 0.330 e. The highest BCUT2D eigenvalue weighted by molar-refractivity contribution is 5.81. The number of esters is 1. The average Bonchev–Trinajstić information content (AvgIpc) is 2.35. The highest BCUT2D eigenvalue weighted by Crippen LogP contribution is 2.10. The van der Waals surface area contributed by atoms with Crippen molar-refractivity contribution in [2.45, 2.75) is 71.1 Å². The quantitative estimate of drug-likeness (QED) is 0.299. The van der Waals surface area contributed by atoms with E-state index < -0.39 is 0 Å². The van der Waals surface area contributed by atoms with Crippen LogP contribution in [0.4, 0.5) is 0 Å². The molecule has 0 amide bonds. The molecule has 2 nitrogen and oxygen atoms in total. The summed E-state index contributed by atoms with van der Waals surface area (Å²) in [4.78, 5) is 10.8. The van der Waals surface area contributed by atoms with Crippen LogP contribution in [0.2, 0.25) is 0 Å². The van der Waals surface area contributed by atoms with Crippen molar-refractivity contribution in [1.29, 1.82) is 0 Å². The van der Waals surface area contributed by atoms with Gasteiger partial charge in [-0.2, -0.15) is 0 Å². The summed E-state index contributed by atoms with van der Waals surface area (Å²) in [6.07, 6.45) is 16.5. The number of carbonyl (C=O) groups excluding carboxylic acids is 1.